The summed E-state index contributed by atoms with van der Waals surface area (Å²) in [5.74, 6) is 0. The van der Waals surface area contributed by atoms with Crippen LogP contribution in [0, 0.1) is 0 Å². The largest absolute Gasteiger partial charge is 0.511 e. The maximum absolute atomic E-state index is 12.1. The van der Waals surface area contributed by atoms with Gasteiger partial charge in [0, 0.05) is 12.6 Å². The Bertz CT molecular complexity index is 418. The first-order valence-corrected chi connectivity index (χ1v) is 10.4. The molecule has 10 heteroatoms. The molecule has 0 unspecified atom stereocenters. The van der Waals surface area contributed by atoms with Gasteiger partial charge in [0.2, 0.25) is 0 Å². The van der Waals surface area contributed by atoms with Crippen LogP contribution >= 0.6 is 0 Å². The molecule has 0 aromatic heterocycles. The first kappa shape index (κ1) is 19.8. The van der Waals surface area contributed by atoms with Crippen molar-refractivity contribution in [1.29, 1.82) is 0 Å². The van der Waals surface area contributed by atoms with Crippen LogP contribution in [0.1, 0.15) is 20.8 Å². The van der Waals surface area contributed by atoms with Crippen molar-refractivity contribution < 1.29 is 26.0 Å². The van der Waals surface area contributed by atoms with Crippen LogP contribution in [0.15, 0.2) is 0 Å². The zero-order chi connectivity index (χ0) is 16.4. The lowest BCUT2D eigenvalue weighted by Crippen LogP contribution is -2.48. The van der Waals surface area contributed by atoms with E-state index in [0.717, 1.165) is 0 Å². The van der Waals surface area contributed by atoms with E-state index >= 15 is 0 Å². The molecule has 0 saturated carbocycles. The Hall–Kier alpha value is -0.163. The molecule has 0 aliphatic rings. The number of rotatable bonds is 6. The van der Waals surface area contributed by atoms with Gasteiger partial charge < -0.3 is 10.2 Å². The summed E-state index contributed by atoms with van der Waals surface area (Å²) < 4.78 is 65.0. The van der Waals surface area contributed by atoms with Gasteiger partial charge in [-0.3, -0.25) is 0 Å². The van der Waals surface area contributed by atoms with Crippen LogP contribution < -0.4 is 10.5 Å². The molecule has 0 aliphatic carbocycles. The highest BCUT2D eigenvalue weighted by molar-refractivity contribution is 7.90. The standard InChI is InChI=1S/C10H23F3N2O3SSi/c1-9(2,3)20(4,5)18-7-8(14)6-15-19(16,17)10(11,12)13/h8,15H,6-7,14H2,1-5H3/t8-/m1/s1. The molecule has 0 aromatic carbocycles. The fraction of sp³-hybridized carbons (Fsp3) is 1.00. The van der Waals surface area contributed by atoms with Crippen LogP contribution in [0.4, 0.5) is 13.2 Å². The van der Waals surface area contributed by atoms with Crippen LogP contribution in [0.5, 0.6) is 0 Å². The molecule has 0 radical (unpaired) electrons. The summed E-state index contributed by atoms with van der Waals surface area (Å²) >= 11 is 0. The molecule has 20 heavy (non-hydrogen) atoms. The van der Waals surface area contributed by atoms with Crippen LogP contribution in [-0.2, 0) is 14.4 Å². The number of hydrogen-bond donors (Lipinski definition) is 2. The van der Waals surface area contributed by atoms with Crippen molar-refractivity contribution >= 4 is 18.3 Å². The molecule has 0 bridgehead atoms. The highest BCUT2D eigenvalue weighted by Crippen LogP contribution is 2.36. The van der Waals surface area contributed by atoms with Gasteiger partial charge in [0.25, 0.3) is 0 Å². The lowest BCUT2D eigenvalue weighted by atomic mass is 10.2. The molecule has 0 amide bonds. The Morgan fingerprint density at radius 2 is 1.70 bits per heavy atom. The van der Waals surface area contributed by atoms with Gasteiger partial charge in [0.15, 0.2) is 8.32 Å². The van der Waals surface area contributed by atoms with Gasteiger partial charge >= 0.3 is 15.5 Å². The summed E-state index contributed by atoms with van der Waals surface area (Å²) in [5.41, 5.74) is 0.251. The molecule has 0 aliphatic heterocycles. The second kappa shape index (κ2) is 6.30. The van der Waals surface area contributed by atoms with Gasteiger partial charge in [-0.2, -0.15) is 13.2 Å². The quantitative estimate of drug-likeness (QED) is 0.725. The Kier molecular flexibility index (Phi) is 6.25. The van der Waals surface area contributed by atoms with Crippen molar-refractivity contribution in [2.24, 2.45) is 5.73 Å². The zero-order valence-electron chi connectivity index (χ0n) is 12.3. The molecule has 0 aromatic rings. The van der Waals surface area contributed by atoms with Crippen molar-refractivity contribution in [3.05, 3.63) is 0 Å². The second-order valence-corrected chi connectivity index (χ2v) is 12.7. The maximum Gasteiger partial charge on any atom is 0.511 e. The number of nitrogens with one attached hydrogen (secondary N) is 1. The van der Waals surface area contributed by atoms with Crippen molar-refractivity contribution in [1.82, 2.24) is 4.72 Å². The minimum Gasteiger partial charge on any atom is -0.415 e. The van der Waals surface area contributed by atoms with Gasteiger partial charge in [-0.15, -0.1) is 0 Å². The predicted molar refractivity (Wildman–Crippen MR) is 74.1 cm³/mol. The van der Waals surface area contributed by atoms with Crippen molar-refractivity contribution in [3.8, 4) is 0 Å². The van der Waals surface area contributed by atoms with Crippen molar-refractivity contribution in [2.45, 2.75) is 50.5 Å². The average molecular weight is 336 g/mol. The summed E-state index contributed by atoms with van der Waals surface area (Å²) in [6.45, 7) is 9.47. The Morgan fingerprint density at radius 1 is 1.25 bits per heavy atom. The van der Waals surface area contributed by atoms with E-state index in [1.807, 2.05) is 33.9 Å². The molecule has 0 rings (SSSR count). The molecular formula is C10H23F3N2O3SSi. The smallest absolute Gasteiger partial charge is 0.415 e. The third-order valence-corrected chi connectivity index (χ3v) is 8.96. The zero-order valence-corrected chi connectivity index (χ0v) is 14.2. The summed E-state index contributed by atoms with van der Waals surface area (Å²) in [6.07, 6.45) is 0. The number of halogens is 3. The highest BCUT2D eigenvalue weighted by atomic mass is 32.2. The molecular weight excluding hydrogens is 313 g/mol. The second-order valence-electron chi connectivity index (χ2n) is 6.13. The molecule has 5 nitrogen and oxygen atoms in total. The third-order valence-electron chi connectivity index (χ3n) is 3.30. The maximum atomic E-state index is 12.1. The van der Waals surface area contributed by atoms with Gasteiger partial charge in [0.05, 0.1) is 6.61 Å². The summed E-state index contributed by atoms with van der Waals surface area (Å²) in [4.78, 5) is 0. The molecule has 122 valence electrons. The van der Waals surface area contributed by atoms with E-state index < -0.39 is 36.4 Å². The first-order valence-electron chi connectivity index (χ1n) is 6.05. The minimum atomic E-state index is -5.35. The molecule has 0 spiro atoms. The van der Waals surface area contributed by atoms with E-state index in [-0.39, 0.29) is 11.6 Å². The SMILES string of the molecule is CC(C)(C)[Si](C)(C)OC[C@H](N)CNS(=O)(=O)C(F)(F)F. The van der Waals surface area contributed by atoms with E-state index in [4.69, 9.17) is 10.2 Å². The average Bonchev–Trinajstić information content (AvgIpc) is 2.20. The van der Waals surface area contributed by atoms with Gasteiger partial charge in [-0.1, -0.05) is 20.8 Å². The topological polar surface area (TPSA) is 81.4 Å². The third kappa shape index (κ3) is 5.68. The highest BCUT2D eigenvalue weighted by Gasteiger charge is 2.45. The fourth-order valence-corrected chi connectivity index (χ4v) is 2.55. The van der Waals surface area contributed by atoms with E-state index in [0.29, 0.717) is 0 Å². The first-order chi connectivity index (χ1) is 8.60. The predicted octanol–water partition coefficient (Wildman–Crippen LogP) is 1.77. The number of sulfonamides is 1. The van der Waals surface area contributed by atoms with Gasteiger partial charge in [-0.25, -0.2) is 13.1 Å². The van der Waals surface area contributed by atoms with E-state index in [2.05, 4.69) is 0 Å². The Labute approximate surface area is 119 Å². The van der Waals surface area contributed by atoms with Gasteiger partial charge in [-0.05, 0) is 18.1 Å². The van der Waals surface area contributed by atoms with Crippen molar-refractivity contribution in [2.75, 3.05) is 13.2 Å². The lowest BCUT2D eigenvalue weighted by Gasteiger charge is -2.36. The monoisotopic (exact) mass is 336 g/mol. The normalized spacial score (nSPS) is 16.2. The Morgan fingerprint density at radius 3 is 2.05 bits per heavy atom. The van der Waals surface area contributed by atoms with Crippen LogP contribution in [0.2, 0.25) is 18.1 Å². The number of alkyl halides is 3. The molecule has 0 heterocycles. The lowest BCUT2D eigenvalue weighted by molar-refractivity contribution is -0.0448. The molecule has 3 N–H and O–H groups in total. The fourth-order valence-electron chi connectivity index (χ4n) is 0.889. The van der Waals surface area contributed by atoms with Crippen LogP contribution in [0.25, 0.3) is 0 Å². The minimum absolute atomic E-state index is 0.0108. The van der Waals surface area contributed by atoms with Gasteiger partial charge in [0.1, 0.15) is 0 Å². The molecule has 1 atom stereocenters. The van der Waals surface area contributed by atoms with Crippen molar-refractivity contribution in [3.63, 3.8) is 0 Å². The number of nitrogens with two attached hydrogens (primary N) is 1. The summed E-state index contributed by atoms with van der Waals surface area (Å²) in [5, 5.41) is -0.0573. The molecule has 0 saturated heterocycles. The van der Waals surface area contributed by atoms with Crippen LogP contribution in [0.3, 0.4) is 0 Å². The summed E-state index contributed by atoms with van der Waals surface area (Å²) in [6, 6.07) is -0.832. The van der Waals surface area contributed by atoms with E-state index in [1.54, 1.807) is 0 Å². The van der Waals surface area contributed by atoms with E-state index in [1.165, 1.54) is 4.72 Å². The van der Waals surface area contributed by atoms with Crippen LogP contribution in [-0.4, -0.2) is 41.4 Å². The Balaban J connectivity index is 4.38. The number of hydrogen-bond acceptors (Lipinski definition) is 4. The van der Waals surface area contributed by atoms with E-state index in [9.17, 15) is 21.6 Å². The summed E-state index contributed by atoms with van der Waals surface area (Å²) in [7, 11) is -7.41. The molecule has 0 fully saturated rings.